The molecule has 0 aliphatic carbocycles. The first kappa shape index (κ1) is 17.2. The van der Waals surface area contributed by atoms with Crippen LogP contribution in [-0.2, 0) is 0 Å². The van der Waals surface area contributed by atoms with E-state index in [1.54, 1.807) is 38.3 Å². The van der Waals surface area contributed by atoms with Crippen LogP contribution in [-0.4, -0.2) is 28.2 Å². The molecule has 0 aliphatic heterocycles. The van der Waals surface area contributed by atoms with Crippen LogP contribution in [0.25, 0.3) is 0 Å². The van der Waals surface area contributed by atoms with E-state index in [1.807, 2.05) is 24.3 Å². The van der Waals surface area contributed by atoms with Crippen molar-refractivity contribution in [3.8, 4) is 5.75 Å². The lowest BCUT2D eigenvalue weighted by Gasteiger charge is -2.12. The Bertz CT molecular complexity index is 926. The number of aryl methyl sites for hydroxylation is 1. The van der Waals surface area contributed by atoms with E-state index in [9.17, 15) is 9.90 Å². The normalized spacial score (nSPS) is 10.2. The number of carboxylic acid groups (broad SMARTS) is 1. The average molecular weight is 350 g/mol. The average Bonchev–Trinajstić information content (AvgIpc) is 2.62. The number of hydrogen-bond acceptors (Lipinski definition) is 6. The molecule has 1 heterocycles. The highest BCUT2D eigenvalue weighted by molar-refractivity contribution is 5.95. The molecule has 1 aromatic heterocycles. The molecule has 7 nitrogen and oxygen atoms in total. The maximum atomic E-state index is 11.3. The summed E-state index contributed by atoms with van der Waals surface area (Å²) in [7, 11) is 1.61. The first-order valence-electron chi connectivity index (χ1n) is 7.91. The van der Waals surface area contributed by atoms with Crippen LogP contribution in [0.2, 0.25) is 0 Å². The lowest BCUT2D eigenvalue weighted by Crippen LogP contribution is -2.05. The standard InChI is InChI=1S/C19H18N4O3/c1-12-20-17(22-13-7-9-14(26-2)10-8-13)11-18(21-12)23-16-6-4-3-5-15(16)19(24)25/h3-11H,1-2H3,(H,24,25)(H2,20,21,22,23). The van der Waals surface area contributed by atoms with E-state index in [4.69, 9.17) is 4.74 Å². The molecule has 7 heteroatoms. The molecule has 26 heavy (non-hydrogen) atoms. The fourth-order valence-electron chi connectivity index (χ4n) is 2.43. The van der Waals surface area contributed by atoms with Crippen LogP contribution in [0.3, 0.4) is 0 Å². The Kier molecular flexibility index (Phi) is 4.98. The number of nitrogens with one attached hydrogen (secondary N) is 2. The van der Waals surface area contributed by atoms with Crippen molar-refractivity contribution in [1.82, 2.24) is 9.97 Å². The predicted octanol–water partition coefficient (Wildman–Crippen LogP) is 3.98. The van der Waals surface area contributed by atoms with Crippen molar-refractivity contribution in [2.24, 2.45) is 0 Å². The van der Waals surface area contributed by atoms with E-state index in [0.717, 1.165) is 11.4 Å². The number of methoxy groups -OCH3 is 1. The topological polar surface area (TPSA) is 96.4 Å². The number of carboxylic acids is 1. The second-order valence-corrected chi connectivity index (χ2v) is 5.51. The lowest BCUT2D eigenvalue weighted by atomic mass is 10.2. The summed E-state index contributed by atoms with van der Waals surface area (Å²) >= 11 is 0. The van der Waals surface area contributed by atoms with Crippen LogP contribution < -0.4 is 15.4 Å². The van der Waals surface area contributed by atoms with Gasteiger partial charge < -0.3 is 20.5 Å². The molecule has 3 rings (SSSR count). The van der Waals surface area contributed by atoms with Gasteiger partial charge in [0.15, 0.2) is 0 Å². The molecule has 0 atom stereocenters. The van der Waals surface area contributed by atoms with Crippen LogP contribution >= 0.6 is 0 Å². The number of para-hydroxylation sites is 1. The molecule has 3 N–H and O–H groups in total. The maximum absolute atomic E-state index is 11.3. The summed E-state index contributed by atoms with van der Waals surface area (Å²) < 4.78 is 5.14. The number of ether oxygens (including phenoxy) is 1. The van der Waals surface area contributed by atoms with Crippen LogP contribution in [0.1, 0.15) is 16.2 Å². The first-order chi connectivity index (χ1) is 12.5. The van der Waals surface area contributed by atoms with Gasteiger partial charge in [-0.3, -0.25) is 0 Å². The summed E-state index contributed by atoms with van der Waals surface area (Å²) in [4.78, 5) is 20.0. The third-order valence-electron chi connectivity index (χ3n) is 3.62. The molecule has 0 aliphatic rings. The Morgan fingerprint density at radius 2 is 1.65 bits per heavy atom. The Balaban J connectivity index is 1.84. The van der Waals surface area contributed by atoms with Crippen molar-refractivity contribution in [2.45, 2.75) is 6.92 Å². The van der Waals surface area contributed by atoms with Gasteiger partial charge >= 0.3 is 5.97 Å². The summed E-state index contributed by atoms with van der Waals surface area (Å²) in [5.41, 5.74) is 1.49. The molecule has 0 spiro atoms. The van der Waals surface area contributed by atoms with Gasteiger partial charge in [0.1, 0.15) is 23.2 Å². The maximum Gasteiger partial charge on any atom is 0.337 e. The molecule has 0 amide bonds. The van der Waals surface area contributed by atoms with Crippen LogP contribution in [0.4, 0.5) is 23.0 Å². The molecule has 0 saturated heterocycles. The number of aromatic carboxylic acids is 1. The predicted molar refractivity (Wildman–Crippen MR) is 99.7 cm³/mol. The molecule has 0 radical (unpaired) electrons. The molecule has 0 fully saturated rings. The first-order valence-corrected chi connectivity index (χ1v) is 7.91. The van der Waals surface area contributed by atoms with Crippen molar-refractivity contribution in [3.05, 3.63) is 66.0 Å². The van der Waals surface area contributed by atoms with Crippen molar-refractivity contribution >= 4 is 29.0 Å². The zero-order chi connectivity index (χ0) is 18.5. The summed E-state index contributed by atoms with van der Waals surface area (Å²) in [6.07, 6.45) is 0. The molecule has 0 bridgehead atoms. The second-order valence-electron chi connectivity index (χ2n) is 5.51. The number of aromatic nitrogens is 2. The number of benzene rings is 2. The quantitative estimate of drug-likeness (QED) is 0.619. The number of nitrogens with zero attached hydrogens (tertiary/aromatic N) is 2. The van der Waals surface area contributed by atoms with Gasteiger partial charge in [-0.05, 0) is 43.3 Å². The van der Waals surface area contributed by atoms with Crippen molar-refractivity contribution in [2.75, 3.05) is 17.7 Å². The number of rotatable bonds is 6. The summed E-state index contributed by atoms with van der Waals surface area (Å²) in [5.74, 6) is 1.41. The fourth-order valence-corrected chi connectivity index (χ4v) is 2.43. The van der Waals surface area contributed by atoms with Gasteiger partial charge in [0, 0.05) is 11.8 Å². The smallest absolute Gasteiger partial charge is 0.337 e. The monoisotopic (exact) mass is 350 g/mol. The third kappa shape index (κ3) is 4.07. The van der Waals surface area contributed by atoms with E-state index >= 15 is 0 Å². The van der Waals surface area contributed by atoms with Gasteiger partial charge in [0.25, 0.3) is 0 Å². The van der Waals surface area contributed by atoms with E-state index in [2.05, 4.69) is 20.6 Å². The Morgan fingerprint density at radius 3 is 2.31 bits per heavy atom. The van der Waals surface area contributed by atoms with Gasteiger partial charge in [0.05, 0.1) is 18.4 Å². The second kappa shape index (κ2) is 7.52. The minimum atomic E-state index is -1.00. The van der Waals surface area contributed by atoms with Gasteiger partial charge in [-0.15, -0.1) is 0 Å². The van der Waals surface area contributed by atoms with Crippen molar-refractivity contribution < 1.29 is 14.6 Å². The minimum absolute atomic E-state index is 0.174. The molecular weight excluding hydrogens is 332 g/mol. The minimum Gasteiger partial charge on any atom is -0.497 e. The van der Waals surface area contributed by atoms with Gasteiger partial charge in [-0.2, -0.15) is 0 Å². The number of hydrogen-bond donors (Lipinski definition) is 3. The highest BCUT2D eigenvalue weighted by atomic mass is 16.5. The zero-order valence-electron chi connectivity index (χ0n) is 14.4. The Morgan fingerprint density at radius 1 is 1.00 bits per heavy atom. The molecule has 132 valence electrons. The van der Waals surface area contributed by atoms with Crippen LogP contribution in [0.5, 0.6) is 5.75 Å². The molecule has 0 unspecified atom stereocenters. The summed E-state index contributed by atoms with van der Waals surface area (Å²) in [5, 5.41) is 15.5. The van der Waals surface area contributed by atoms with Crippen LogP contribution in [0.15, 0.2) is 54.6 Å². The third-order valence-corrected chi connectivity index (χ3v) is 3.62. The van der Waals surface area contributed by atoms with Crippen molar-refractivity contribution in [3.63, 3.8) is 0 Å². The largest absolute Gasteiger partial charge is 0.497 e. The molecule has 3 aromatic rings. The summed E-state index contributed by atoms with van der Waals surface area (Å²) in [6, 6.07) is 15.8. The van der Waals surface area contributed by atoms with Gasteiger partial charge in [0.2, 0.25) is 0 Å². The van der Waals surface area contributed by atoms with E-state index in [1.165, 1.54) is 6.07 Å². The fraction of sp³-hybridized carbons (Fsp3) is 0.105. The number of carbonyl (C=O) groups is 1. The highest BCUT2D eigenvalue weighted by Gasteiger charge is 2.10. The van der Waals surface area contributed by atoms with E-state index < -0.39 is 5.97 Å². The zero-order valence-corrected chi connectivity index (χ0v) is 14.4. The Labute approximate surface area is 150 Å². The highest BCUT2D eigenvalue weighted by Crippen LogP contribution is 2.23. The number of anilines is 4. The van der Waals surface area contributed by atoms with E-state index in [-0.39, 0.29) is 5.56 Å². The van der Waals surface area contributed by atoms with Gasteiger partial charge in [-0.25, -0.2) is 14.8 Å². The molecular formula is C19H18N4O3. The summed E-state index contributed by atoms with van der Waals surface area (Å²) in [6.45, 7) is 1.77. The van der Waals surface area contributed by atoms with E-state index in [0.29, 0.717) is 23.1 Å². The molecule has 0 saturated carbocycles. The SMILES string of the molecule is COc1ccc(Nc2cc(Nc3ccccc3C(=O)O)nc(C)n2)cc1. The van der Waals surface area contributed by atoms with Crippen LogP contribution in [0, 0.1) is 6.92 Å². The van der Waals surface area contributed by atoms with Gasteiger partial charge in [-0.1, -0.05) is 12.1 Å². The Hall–Kier alpha value is -3.61. The van der Waals surface area contributed by atoms with Crippen molar-refractivity contribution in [1.29, 1.82) is 0 Å². The lowest BCUT2D eigenvalue weighted by molar-refractivity contribution is 0.0698. The molecule has 2 aromatic carbocycles.